The van der Waals surface area contributed by atoms with Gasteiger partial charge in [0.05, 0.1) is 0 Å². The van der Waals surface area contributed by atoms with Crippen LogP contribution in [0.1, 0.15) is 158 Å². The standard InChI is InChI=1S/C30H60N2O8S2.Na.H/c1-5-7-9-11-13-15-17-19-21-23-29(33)31(27(3)41(35,36)37)25-26-32(28(4)42(38,39)40)30(34)24-22-20-18-16-14-12-10-8-6-2;;/h27-28H,5-26H2,1-4H3,(H,35,36,37)(H,38,39,40);;/q;+1;-1. The molecule has 0 spiro atoms. The second kappa shape index (κ2) is 25.9. The average molecular weight is 665 g/mol. The minimum atomic E-state index is -4.61. The first-order valence-electron chi connectivity index (χ1n) is 16.3. The summed E-state index contributed by atoms with van der Waals surface area (Å²) in [5.41, 5.74) is 0. The van der Waals surface area contributed by atoms with Crippen LogP contribution in [-0.4, -0.2) is 71.4 Å². The van der Waals surface area contributed by atoms with Crippen LogP contribution < -0.4 is 29.6 Å². The number of amides is 2. The summed E-state index contributed by atoms with van der Waals surface area (Å²) in [6, 6.07) is 0. The van der Waals surface area contributed by atoms with Crippen LogP contribution in [0.25, 0.3) is 0 Å². The van der Waals surface area contributed by atoms with Crippen molar-refractivity contribution in [2.24, 2.45) is 0 Å². The molecule has 0 radical (unpaired) electrons. The van der Waals surface area contributed by atoms with Crippen LogP contribution in [0.15, 0.2) is 0 Å². The third kappa shape index (κ3) is 22.0. The van der Waals surface area contributed by atoms with Crippen molar-refractivity contribution in [2.75, 3.05) is 13.1 Å². The van der Waals surface area contributed by atoms with Crippen molar-refractivity contribution < 1.29 is 66.5 Å². The summed E-state index contributed by atoms with van der Waals surface area (Å²) in [5, 5.41) is -3.11. The molecule has 0 aromatic rings. The van der Waals surface area contributed by atoms with Gasteiger partial charge in [-0.15, -0.1) is 0 Å². The topological polar surface area (TPSA) is 149 Å². The predicted molar refractivity (Wildman–Crippen MR) is 170 cm³/mol. The zero-order chi connectivity index (χ0) is 32.0. The number of hydrogen-bond donors (Lipinski definition) is 2. The molecule has 0 heterocycles. The van der Waals surface area contributed by atoms with Gasteiger partial charge in [-0.1, -0.05) is 117 Å². The van der Waals surface area contributed by atoms with E-state index in [9.17, 15) is 35.5 Å². The van der Waals surface area contributed by atoms with E-state index in [1.165, 1.54) is 65.2 Å². The van der Waals surface area contributed by atoms with E-state index < -0.39 is 42.8 Å². The molecule has 2 N–H and O–H groups in total. The van der Waals surface area contributed by atoms with Crippen LogP contribution in [0.5, 0.6) is 0 Å². The predicted octanol–water partition coefficient (Wildman–Crippen LogP) is 4.07. The Morgan fingerprint density at radius 2 is 0.767 bits per heavy atom. The van der Waals surface area contributed by atoms with E-state index in [0.29, 0.717) is 12.8 Å². The molecule has 252 valence electrons. The van der Waals surface area contributed by atoms with E-state index in [2.05, 4.69) is 13.8 Å². The molecular weight excluding hydrogens is 603 g/mol. The summed E-state index contributed by atoms with van der Waals surface area (Å²) in [6.45, 7) is 6.13. The first-order valence-corrected chi connectivity index (χ1v) is 19.3. The van der Waals surface area contributed by atoms with Crippen LogP contribution in [0.4, 0.5) is 0 Å². The quantitative estimate of drug-likeness (QED) is 0.0759. The van der Waals surface area contributed by atoms with E-state index in [1.54, 1.807) is 0 Å². The number of unbranched alkanes of at least 4 members (excludes halogenated alkanes) is 16. The molecule has 2 unspecified atom stereocenters. The first kappa shape index (κ1) is 44.9. The molecule has 43 heavy (non-hydrogen) atoms. The van der Waals surface area contributed by atoms with Crippen LogP contribution in [0.3, 0.4) is 0 Å². The molecule has 0 saturated heterocycles. The molecule has 2 amide bonds. The summed E-state index contributed by atoms with van der Waals surface area (Å²) in [7, 11) is -9.22. The van der Waals surface area contributed by atoms with Crippen molar-refractivity contribution in [3.63, 3.8) is 0 Å². The summed E-state index contributed by atoms with van der Waals surface area (Å²) in [4.78, 5) is 28.0. The first-order chi connectivity index (χ1) is 19.8. The monoisotopic (exact) mass is 664 g/mol. The maximum atomic E-state index is 13.0. The molecule has 2 atom stereocenters. The van der Waals surface area contributed by atoms with E-state index in [-0.39, 0.29) is 56.9 Å². The second-order valence-corrected chi connectivity index (χ2v) is 15.0. The van der Waals surface area contributed by atoms with Gasteiger partial charge < -0.3 is 11.2 Å². The van der Waals surface area contributed by atoms with Crippen LogP contribution in [0.2, 0.25) is 0 Å². The van der Waals surface area contributed by atoms with Gasteiger partial charge in [-0.05, 0) is 26.7 Å². The Bertz CT molecular complexity index is 879. The number of hydrogen-bond acceptors (Lipinski definition) is 6. The van der Waals surface area contributed by atoms with Crippen molar-refractivity contribution in [1.29, 1.82) is 0 Å². The Morgan fingerprint density at radius 3 is 1.00 bits per heavy atom. The maximum absolute atomic E-state index is 13.0. The summed E-state index contributed by atoms with van der Waals surface area (Å²) in [5.74, 6) is -0.983. The van der Waals surface area contributed by atoms with Crippen LogP contribution in [0, 0.1) is 0 Å². The molecule has 0 rings (SSSR count). The molecule has 10 nitrogen and oxygen atoms in total. The molecule has 0 aromatic carbocycles. The Balaban J connectivity index is -0.00000840. The van der Waals surface area contributed by atoms with Gasteiger partial charge in [0.2, 0.25) is 11.8 Å². The summed E-state index contributed by atoms with van der Waals surface area (Å²) >= 11 is 0. The second-order valence-electron chi connectivity index (χ2n) is 11.6. The molecule has 0 saturated carbocycles. The van der Waals surface area contributed by atoms with Crippen molar-refractivity contribution >= 4 is 32.1 Å². The SMILES string of the molecule is CCCCCCCCCCCC(=O)N(CCN(C(=O)CCCCCCCCCCC)C(C)S(=O)(=O)O)C(C)S(=O)(=O)O.[H-].[Na+]. The molecule has 0 aliphatic heterocycles. The Hall–Kier alpha value is -0.240. The Morgan fingerprint density at radius 1 is 0.535 bits per heavy atom. The molecular formula is C30H61N2NaO8S2. The van der Waals surface area contributed by atoms with Crippen molar-refractivity contribution in [2.45, 2.75) is 167 Å². The fourth-order valence-electron chi connectivity index (χ4n) is 5.02. The summed E-state index contributed by atoms with van der Waals surface area (Å²) < 4.78 is 67.0. The Kier molecular flexibility index (Phi) is 27.0. The molecule has 0 bridgehead atoms. The molecule has 0 fully saturated rings. The Labute approximate surface area is 286 Å². The van der Waals surface area contributed by atoms with Gasteiger partial charge >= 0.3 is 29.6 Å². The van der Waals surface area contributed by atoms with Gasteiger partial charge in [0, 0.05) is 25.9 Å². The summed E-state index contributed by atoms with van der Waals surface area (Å²) in [6.07, 6.45) is 19.0. The van der Waals surface area contributed by atoms with Crippen molar-refractivity contribution in [3.8, 4) is 0 Å². The zero-order valence-electron chi connectivity index (χ0n) is 28.8. The molecule has 0 aliphatic carbocycles. The van der Waals surface area contributed by atoms with Crippen LogP contribution in [-0.2, 0) is 29.8 Å². The maximum Gasteiger partial charge on any atom is 1.00 e. The molecule has 0 aliphatic rings. The van der Waals surface area contributed by atoms with Gasteiger partial charge in [-0.3, -0.25) is 18.7 Å². The van der Waals surface area contributed by atoms with Crippen LogP contribution >= 0.6 is 0 Å². The van der Waals surface area contributed by atoms with E-state index in [0.717, 1.165) is 61.2 Å². The third-order valence-electron chi connectivity index (χ3n) is 7.95. The number of carbonyl (C=O) groups is 2. The fourth-order valence-corrected chi connectivity index (χ4v) is 6.11. The molecule has 13 heteroatoms. The van der Waals surface area contributed by atoms with Gasteiger partial charge in [-0.25, -0.2) is 0 Å². The van der Waals surface area contributed by atoms with E-state index >= 15 is 0 Å². The van der Waals surface area contributed by atoms with Crippen molar-refractivity contribution in [3.05, 3.63) is 0 Å². The number of carbonyl (C=O) groups excluding carboxylic acids is 2. The van der Waals surface area contributed by atoms with Crippen molar-refractivity contribution in [1.82, 2.24) is 9.80 Å². The third-order valence-corrected chi connectivity index (χ3v) is 10.2. The van der Waals surface area contributed by atoms with Gasteiger partial charge in [0.15, 0.2) is 10.7 Å². The normalized spacial score (nSPS) is 13.3. The van der Waals surface area contributed by atoms with E-state index in [1.807, 2.05) is 0 Å². The largest absolute Gasteiger partial charge is 1.00 e. The average Bonchev–Trinajstić information content (AvgIpc) is 2.91. The number of nitrogens with zero attached hydrogens (tertiary/aromatic N) is 2. The zero-order valence-corrected chi connectivity index (χ0v) is 31.4. The minimum Gasteiger partial charge on any atom is -1.00 e. The van der Waals surface area contributed by atoms with Gasteiger partial charge in [0.1, 0.15) is 0 Å². The van der Waals surface area contributed by atoms with E-state index in [4.69, 9.17) is 0 Å². The fraction of sp³-hybridized carbons (Fsp3) is 0.933. The van der Waals surface area contributed by atoms with Gasteiger partial charge in [-0.2, -0.15) is 16.8 Å². The smallest absolute Gasteiger partial charge is 1.00 e. The molecule has 0 aromatic heterocycles. The van der Waals surface area contributed by atoms with Gasteiger partial charge in [0.25, 0.3) is 20.2 Å². The minimum absolute atomic E-state index is 0. The number of rotatable bonds is 27.